The third-order valence-corrected chi connectivity index (χ3v) is 4.92. The van der Waals surface area contributed by atoms with Crippen LogP contribution in [0.2, 0.25) is 0 Å². The first-order chi connectivity index (χ1) is 11.7. The smallest absolute Gasteiger partial charge is 0.238 e. The zero-order valence-electron chi connectivity index (χ0n) is 14.3. The van der Waals surface area contributed by atoms with Crippen molar-refractivity contribution in [1.82, 2.24) is 5.32 Å². The van der Waals surface area contributed by atoms with Gasteiger partial charge in [-0.25, -0.2) is 0 Å². The molecule has 1 aliphatic rings. The van der Waals surface area contributed by atoms with Crippen LogP contribution in [0.1, 0.15) is 32.6 Å². The molecule has 2 atom stereocenters. The zero-order valence-corrected chi connectivity index (χ0v) is 14.3. The van der Waals surface area contributed by atoms with Crippen LogP contribution in [0, 0.1) is 5.92 Å². The van der Waals surface area contributed by atoms with Gasteiger partial charge in [-0.2, -0.15) is 0 Å². The number of carbonyl (C=O) groups excluding carboxylic acids is 1. The maximum absolute atomic E-state index is 12.4. The van der Waals surface area contributed by atoms with Crippen LogP contribution in [-0.2, 0) is 4.79 Å². The molecule has 0 aliphatic heterocycles. The van der Waals surface area contributed by atoms with Crippen LogP contribution >= 0.6 is 0 Å². The van der Waals surface area contributed by atoms with E-state index < -0.39 is 0 Å². The molecule has 0 saturated heterocycles. The number of hydrogen-bond acceptors (Lipinski definition) is 2. The van der Waals surface area contributed by atoms with Crippen molar-refractivity contribution in [2.75, 3.05) is 11.9 Å². The van der Waals surface area contributed by atoms with Gasteiger partial charge in [-0.3, -0.25) is 4.79 Å². The summed E-state index contributed by atoms with van der Waals surface area (Å²) in [4.78, 5) is 12.4. The van der Waals surface area contributed by atoms with Crippen LogP contribution in [0.4, 0.5) is 5.69 Å². The Morgan fingerprint density at radius 2 is 1.71 bits per heavy atom. The Morgan fingerprint density at radius 1 is 1.00 bits per heavy atom. The minimum absolute atomic E-state index is 0.0242. The number of anilines is 1. The van der Waals surface area contributed by atoms with E-state index in [1.165, 1.54) is 25.7 Å². The van der Waals surface area contributed by atoms with Crippen molar-refractivity contribution < 1.29 is 4.79 Å². The van der Waals surface area contributed by atoms with Gasteiger partial charge in [-0.1, -0.05) is 68.3 Å². The van der Waals surface area contributed by atoms with Gasteiger partial charge in [-0.05, 0) is 30.4 Å². The van der Waals surface area contributed by atoms with Crippen LogP contribution in [0.5, 0.6) is 0 Å². The van der Waals surface area contributed by atoms with Gasteiger partial charge in [-0.15, -0.1) is 0 Å². The fourth-order valence-electron chi connectivity index (χ4n) is 3.50. The van der Waals surface area contributed by atoms with Crippen molar-refractivity contribution >= 4 is 11.6 Å². The highest BCUT2D eigenvalue weighted by atomic mass is 16.1. The molecule has 0 unspecified atom stereocenters. The summed E-state index contributed by atoms with van der Waals surface area (Å²) in [6.07, 6.45) is 5.02. The molecule has 3 heteroatoms. The molecule has 1 aliphatic carbocycles. The van der Waals surface area contributed by atoms with Crippen LogP contribution in [0.3, 0.4) is 0 Å². The van der Waals surface area contributed by atoms with E-state index in [2.05, 4.69) is 29.7 Å². The Balaban J connectivity index is 1.62. The minimum atomic E-state index is 0.0242. The highest BCUT2D eigenvalue weighted by Crippen LogP contribution is 2.27. The number of hydrogen-bond donors (Lipinski definition) is 2. The van der Waals surface area contributed by atoms with E-state index in [4.69, 9.17) is 0 Å². The SMILES string of the molecule is C[C@@H]1CCCC[C@H]1NCC(=O)Nc1ccccc1-c1ccccc1. The highest BCUT2D eigenvalue weighted by molar-refractivity contribution is 5.96. The predicted molar refractivity (Wildman–Crippen MR) is 99.9 cm³/mol. The largest absolute Gasteiger partial charge is 0.324 e. The standard InChI is InChI=1S/C21H26N2O/c1-16-9-5-7-13-19(16)22-15-21(24)23-20-14-8-6-12-18(20)17-10-3-2-4-11-17/h2-4,6,8,10-12,14,16,19,22H,5,7,9,13,15H2,1H3,(H,23,24)/t16-,19-/m1/s1. The lowest BCUT2D eigenvalue weighted by Gasteiger charge is -2.29. The first-order valence-electron chi connectivity index (χ1n) is 8.92. The lowest BCUT2D eigenvalue weighted by Crippen LogP contribution is -2.41. The Labute approximate surface area is 144 Å². The Morgan fingerprint density at radius 3 is 2.50 bits per heavy atom. The van der Waals surface area contributed by atoms with Gasteiger partial charge in [0.1, 0.15) is 0 Å². The molecule has 126 valence electrons. The Bertz CT molecular complexity index is 669. The zero-order chi connectivity index (χ0) is 16.8. The van der Waals surface area contributed by atoms with Crippen LogP contribution in [0.25, 0.3) is 11.1 Å². The summed E-state index contributed by atoms with van der Waals surface area (Å²) < 4.78 is 0. The Hall–Kier alpha value is -2.13. The van der Waals surface area contributed by atoms with Gasteiger partial charge in [0.05, 0.1) is 6.54 Å². The molecule has 3 nitrogen and oxygen atoms in total. The molecular formula is C21H26N2O. The summed E-state index contributed by atoms with van der Waals surface area (Å²) in [6, 6.07) is 18.6. The fraction of sp³-hybridized carbons (Fsp3) is 0.381. The summed E-state index contributed by atoms with van der Waals surface area (Å²) in [6.45, 7) is 2.65. The number of nitrogens with one attached hydrogen (secondary N) is 2. The number of rotatable bonds is 5. The van der Waals surface area contributed by atoms with Crippen LogP contribution in [-0.4, -0.2) is 18.5 Å². The molecule has 24 heavy (non-hydrogen) atoms. The van der Waals surface area contributed by atoms with E-state index in [-0.39, 0.29) is 5.91 Å². The van der Waals surface area contributed by atoms with E-state index in [0.29, 0.717) is 18.5 Å². The lowest BCUT2D eigenvalue weighted by molar-refractivity contribution is -0.115. The molecule has 0 radical (unpaired) electrons. The highest BCUT2D eigenvalue weighted by Gasteiger charge is 2.21. The summed E-state index contributed by atoms with van der Waals surface area (Å²) in [7, 11) is 0. The number of para-hydroxylation sites is 1. The molecule has 1 amide bonds. The molecule has 2 aromatic carbocycles. The fourth-order valence-corrected chi connectivity index (χ4v) is 3.50. The summed E-state index contributed by atoms with van der Waals surface area (Å²) in [5, 5.41) is 6.50. The van der Waals surface area contributed by atoms with Crippen LogP contribution < -0.4 is 10.6 Å². The van der Waals surface area contributed by atoms with E-state index in [1.807, 2.05) is 42.5 Å². The third-order valence-electron chi connectivity index (χ3n) is 4.92. The minimum Gasteiger partial charge on any atom is -0.324 e. The second-order valence-electron chi connectivity index (χ2n) is 6.71. The maximum atomic E-state index is 12.4. The average Bonchev–Trinajstić information content (AvgIpc) is 2.62. The first-order valence-corrected chi connectivity index (χ1v) is 8.92. The summed E-state index contributed by atoms with van der Waals surface area (Å²) >= 11 is 0. The molecule has 1 fully saturated rings. The quantitative estimate of drug-likeness (QED) is 0.853. The van der Waals surface area contributed by atoms with Gasteiger partial charge < -0.3 is 10.6 Å². The van der Waals surface area contributed by atoms with Gasteiger partial charge in [0.25, 0.3) is 0 Å². The normalized spacial score (nSPS) is 20.5. The van der Waals surface area contributed by atoms with E-state index >= 15 is 0 Å². The second kappa shape index (κ2) is 8.11. The van der Waals surface area contributed by atoms with Crippen molar-refractivity contribution in [1.29, 1.82) is 0 Å². The number of carbonyl (C=O) groups is 1. The molecular weight excluding hydrogens is 296 g/mol. The number of benzene rings is 2. The van der Waals surface area contributed by atoms with Crippen molar-refractivity contribution in [3.63, 3.8) is 0 Å². The molecule has 1 saturated carbocycles. The number of amides is 1. The molecule has 0 bridgehead atoms. The van der Waals surface area contributed by atoms with E-state index in [9.17, 15) is 4.79 Å². The molecule has 0 heterocycles. The topological polar surface area (TPSA) is 41.1 Å². The van der Waals surface area contributed by atoms with Gasteiger partial charge >= 0.3 is 0 Å². The molecule has 3 rings (SSSR count). The van der Waals surface area contributed by atoms with Crippen molar-refractivity contribution in [3.05, 3.63) is 54.6 Å². The first kappa shape index (κ1) is 16.7. The summed E-state index contributed by atoms with van der Waals surface area (Å²) in [5.41, 5.74) is 3.03. The molecule has 0 spiro atoms. The lowest BCUT2D eigenvalue weighted by atomic mass is 9.86. The van der Waals surface area contributed by atoms with Gasteiger partial charge in [0, 0.05) is 17.3 Å². The monoisotopic (exact) mass is 322 g/mol. The van der Waals surface area contributed by atoms with Crippen molar-refractivity contribution in [2.24, 2.45) is 5.92 Å². The molecule has 2 aromatic rings. The van der Waals surface area contributed by atoms with E-state index in [1.54, 1.807) is 0 Å². The molecule has 2 N–H and O–H groups in total. The Kier molecular flexibility index (Phi) is 5.65. The maximum Gasteiger partial charge on any atom is 0.238 e. The predicted octanol–water partition coefficient (Wildman–Crippen LogP) is 4.46. The van der Waals surface area contributed by atoms with Gasteiger partial charge in [0.15, 0.2) is 0 Å². The van der Waals surface area contributed by atoms with E-state index in [0.717, 1.165) is 16.8 Å². The third kappa shape index (κ3) is 4.24. The summed E-state index contributed by atoms with van der Waals surface area (Å²) in [5.74, 6) is 0.680. The van der Waals surface area contributed by atoms with Gasteiger partial charge in [0.2, 0.25) is 5.91 Å². The molecule has 0 aromatic heterocycles. The van der Waals surface area contributed by atoms with Crippen molar-refractivity contribution in [2.45, 2.75) is 38.6 Å². The van der Waals surface area contributed by atoms with Crippen LogP contribution in [0.15, 0.2) is 54.6 Å². The second-order valence-corrected chi connectivity index (χ2v) is 6.71. The average molecular weight is 322 g/mol. The van der Waals surface area contributed by atoms with Crippen molar-refractivity contribution in [3.8, 4) is 11.1 Å².